The summed E-state index contributed by atoms with van der Waals surface area (Å²) in [6, 6.07) is 5.23. The van der Waals surface area contributed by atoms with Crippen molar-refractivity contribution in [1.29, 1.82) is 0 Å². The van der Waals surface area contributed by atoms with E-state index < -0.39 is 0 Å². The van der Waals surface area contributed by atoms with Crippen LogP contribution in [0, 0.1) is 0 Å². The van der Waals surface area contributed by atoms with E-state index in [4.69, 9.17) is 0 Å². The van der Waals surface area contributed by atoms with Gasteiger partial charge in [0, 0.05) is 38.8 Å². The molecule has 2 rings (SSSR count). The molecule has 0 atom stereocenters. The van der Waals surface area contributed by atoms with Crippen LogP contribution in [0.15, 0.2) is 24.4 Å². The largest absolute Gasteiger partial charge is 0.469 e. The number of amides is 2. The third kappa shape index (κ3) is 4.77. The standard InChI is InChI=1S/C16H21N3O4/c1-23-15(21)7-6-14(20)18-9-4-10-19(12-11-18)16(22)13-5-2-3-8-17-13/h2-3,5,8H,4,6-7,9-12H2,1H3. The van der Waals surface area contributed by atoms with Crippen LogP contribution in [0.25, 0.3) is 0 Å². The summed E-state index contributed by atoms with van der Waals surface area (Å²) in [4.78, 5) is 43.1. The summed E-state index contributed by atoms with van der Waals surface area (Å²) in [5.41, 5.74) is 0.415. The van der Waals surface area contributed by atoms with Crippen molar-refractivity contribution in [2.24, 2.45) is 0 Å². The Kier molecular flexibility index (Phi) is 6.08. The van der Waals surface area contributed by atoms with Crippen LogP contribution >= 0.6 is 0 Å². The van der Waals surface area contributed by atoms with E-state index in [1.54, 1.807) is 34.2 Å². The predicted octanol–water partition coefficient (Wildman–Crippen LogP) is 0.709. The van der Waals surface area contributed by atoms with Crippen LogP contribution in [0.1, 0.15) is 29.8 Å². The molecule has 0 saturated carbocycles. The van der Waals surface area contributed by atoms with Gasteiger partial charge in [-0.2, -0.15) is 0 Å². The summed E-state index contributed by atoms with van der Waals surface area (Å²) in [6.45, 7) is 2.13. The van der Waals surface area contributed by atoms with E-state index in [0.717, 1.165) is 0 Å². The topological polar surface area (TPSA) is 79.8 Å². The molecular weight excluding hydrogens is 298 g/mol. The first-order chi connectivity index (χ1) is 11.1. The molecule has 1 fully saturated rings. The number of carbonyl (C=O) groups excluding carboxylic acids is 3. The fraction of sp³-hybridized carbons (Fsp3) is 0.500. The van der Waals surface area contributed by atoms with E-state index in [9.17, 15) is 14.4 Å². The zero-order valence-corrected chi connectivity index (χ0v) is 13.2. The molecule has 0 spiro atoms. The molecule has 124 valence electrons. The van der Waals surface area contributed by atoms with Crippen LogP contribution in [-0.2, 0) is 14.3 Å². The monoisotopic (exact) mass is 319 g/mol. The number of nitrogens with zero attached hydrogens (tertiary/aromatic N) is 3. The van der Waals surface area contributed by atoms with Crippen molar-refractivity contribution in [3.8, 4) is 0 Å². The first kappa shape index (κ1) is 16.9. The number of hydrogen-bond acceptors (Lipinski definition) is 5. The second-order valence-electron chi connectivity index (χ2n) is 5.32. The number of pyridine rings is 1. The highest BCUT2D eigenvalue weighted by molar-refractivity contribution is 5.92. The molecule has 0 aromatic carbocycles. The lowest BCUT2D eigenvalue weighted by atomic mass is 10.2. The van der Waals surface area contributed by atoms with Gasteiger partial charge in [-0.15, -0.1) is 0 Å². The van der Waals surface area contributed by atoms with Gasteiger partial charge in [0.1, 0.15) is 5.69 Å². The van der Waals surface area contributed by atoms with Crippen molar-refractivity contribution >= 4 is 17.8 Å². The third-order valence-corrected chi connectivity index (χ3v) is 3.79. The SMILES string of the molecule is COC(=O)CCC(=O)N1CCCN(C(=O)c2ccccn2)CC1. The maximum Gasteiger partial charge on any atom is 0.306 e. The normalized spacial score (nSPS) is 15.0. The molecule has 0 unspecified atom stereocenters. The Morgan fingerprint density at radius 1 is 1.09 bits per heavy atom. The van der Waals surface area contributed by atoms with E-state index in [-0.39, 0.29) is 30.6 Å². The number of ether oxygens (including phenoxy) is 1. The molecule has 1 aromatic heterocycles. The van der Waals surface area contributed by atoms with Crippen molar-refractivity contribution in [2.75, 3.05) is 33.3 Å². The van der Waals surface area contributed by atoms with Crippen molar-refractivity contribution < 1.29 is 19.1 Å². The molecule has 1 saturated heterocycles. The van der Waals surface area contributed by atoms with Gasteiger partial charge in [0.2, 0.25) is 5.91 Å². The summed E-state index contributed by atoms with van der Waals surface area (Å²) >= 11 is 0. The number of hydrogen-bond donors (Lipinski definition) is 0. The number of esters is 1. The number of aromatic nitrogens is 1. The molecule has 2 amide bonds. The zero-order valence-electron chi connectivity index (χ0n) is 13.2. The van der Waals surface area contributed by atoms with Crippen LogP contribution in [0.2, 0.25) is 0 Å². The van der Waals surface area contributed by atoms with Gasteiger partial charge >= 0.3 is 5.97 Å². The van der Waals surface area contributed by atoms with Gasteiger partial charge in [0.15, 0.2) is 0 Å². The quantitative estimate of drug-likeness (QED) is 0.764. The van der Waals surface area contributed by atoms with Crippen molar-refractivity contribution in [3.63, 3.8) is 0 Å². The molecule has 23 heavy (non-hydrogen) atoms. The highest BCUT2D eigenvalue weighted by Gasteiger charge is 2.23. The molecule has 1 aliphatic heterocycles. The van der Waals surface area contributed by atoms with E-state index in [1.807, 2.05) is 0 Å². The van der Waals surface area contributed by atoms with Crippen LogP contribution in [0.5, 0.6) is 0 Å². The zero-order chi connectivity index (χ0) is 16.7. The summed E-state index contributed by atoms with van der Waals surface area (Å²) in [7, 11) is 1.31. The van der Waals surface area contributed by atoms with E-state index in [1.165, 1.54) is 7.11 Å². The molecule has 7 nitrogen and oxygen atoms in total. The minimum absolute atomic E-state index is 0.0810. The number of rotatable bonds is 4. The summed E-state index contributed by atoms with van der Waals surface area (Å²) in [5, 5.41) is 0. The fourth-order valence-electron chi connectivity index (χ4n) is 2.49. The molecule has 2 heterocycles. The Morgan fingerprint density at radius 2 is 1.83 bits per heavy atom. The van der Waals surface area contributed by atoms with Crippen molar-refractivity contribution in [2.45, 2.75) is 19.3 Å². The molecule has 0 aliphatic carbocycles. The Morgan fingerprint density at radius 3 is 2.52 bits per heavy atom. The average molecular weight is 319 g/mol. The van der Waals surface area contributed by atoms with Gasteiger partial charge in [-0.25, -0.2) is 0 Å². The Hall–Kier alpha value is -2.44. The average Bonchev–Trinajstić information content (AvgIpc) is 2.85. The van der Waals surface area contributed by atoms with E-state index in [0.29, 0.717) is 38.3 Å². The minimum Gasteiger partial charge on any atom is -0.469 e. The molecule has 0 bridgehead atoms. The summed E-state index contributed by atoms with van der Waals surface area (Å²) in [6.07, 6.45) is 2.53. The van der Waals surface area contributed by atoms with Gasteiger partial charge in [0.25, 0.3) is 5.91 Å². The molecule has 0 radical (unpaired) electrons. The Bertz CT molecular complexity index is 562. The fourth-order valence-corrected chi connectivity index (χ4v) is 2.49. The van der Waals surface area contributed by atoms with Crippen LogP contribution in [0.4, 0.5) is 0 Å². The van der Waals surface area contributed by atoms with Gasteiger partial charge in [-0.1, -0.05) is 6.07 Å². The lowest BCUT2D eigenvalue weighted by molar-refractivity contribution is -0.143. The molecule has 0 N–H and O–H groups in total. The van der Waals surface area contributed by atoms with Crippen LogP contribution in [0.3, 0.4) is 0 Å². The second-order valence-corrected chi connectivity index (χ2v) is 5.32. The number of methoxy groups -OCH3 is 1. The smallest absolute Gasteiger partial charge is 0.306 e. The first-order valence-corrected chi connectivity index (χ1v) is 7.66. The summed E-state index contributed by atoms with van der Waals surface area (Å²) in [5.74, 6) is -0.586. The molecule has 1 aliphatic rings. The third-order valence-electron chi connectivity index (χ3n) is 3.79. The van der Waals surface area contributed by atoms with Gasteiger partial charge in [0.05, 0.1) is 13.5 Å². The van der Waals surface area contributed by atoms with Gasteiger partial charge < -0.3 is 14.5 Å². The second kappa shape index (κ2) is 8.26. The maximum atomic E-state index is 12.4. The van der Waals surface area contributed by atoms with E-state index in [2.05, 4.69) is 9.72 Å². The first-order valence-electron chi connectivity index (χ1n) is 7.66. The number of carbonyl (C=O) groups is 3. The molecular formula is C16H21N3O4. The Balaban J connectivity index is 1.88. The lowest BCUT2D eigenvalue weighted by Gasteiger charge is -2.22. The predicted molar refractivity (Wildman–Crippen MR) is 82.6 cm³/mol. The van der Waals surface area contributed by atoms with Gasteiger partial charge in [-0.05, 0) is 18.6 Å². The molecule has 1 aromatic rings. The van der Waals surface area contributed by atoms with Crippen LogP contribution < -0.4 is 0 Å². The Labute approximate surface area is 135 Å². The molecule has 7 heteroatoms. The van der Waals surface area contributed by atoms with Crippen molar-refractivity contribution in [3.05, 3.63) is 30.1 Å². The minimum atomic E-state index is -0.389. The maximum absolute atomic E-state index is 12.4. The lowest BCUT2D eigenvalue weighted by Crippen LogP contribution is -2.37. The highest BCUT2D eigenvalue weighted by Crippen LogP contribution is 2.09. The van der Waals surface area contributed by atoms with E-state index >= 15 is 0 Å². The van der Waals surface area contributed by atoms with Crippen LogP contribution in [-0.4, -0.2) is 65.9 Å². The highest BCUT2D eigenvalue weighted by atomic mass is 16.5. The summed E-state index contributed by atoms with van der Waals surface area (Å²) < 4.78 is 4.54. The van der Waals surface area contributed by atoms with Crippen molar-refractivity contribution in [1.82, 2.24) is 14.8 Å². The van der Waals surface area contributed by atoms with Gasteiger partial charge in [-0.3, -0.25) is 19.4 Å².